The van der Waals surface area contributed by atoms with E-state index in [1.165, 1.54) is 6.20 Å². The van der Waals surface area contributed by atoms with Gasteiger partial charge in [0.15, 0.2) is 0 Å². The van der Waals surface area contributed by atoms with E-state index >= 15 is 0 Å². The standard InChI is InChI=1S/C11H10ClNO/c1-3-8-6(2)11(14)10-9(8)4-7(12)5-13-10/h4-5H,3H2,1-2H3. The van der Waals surface area contributed by atoms with Crippen LogP contribution in [0.5, 0.6) is 0 Å². The predicted octanol–water partition coefficient (Wildman–Crippen LogP) is 3.11. The number of allylic oxidation sites excluding steroid dienone is 2. The molecule has 0 amide bonds. The van der Waals surface area contributed by atoms with Gasteiger partial charge >= 0.3 is 0 Å². The number of rotatable bonds is 1. The summed E-state index contributed by atoms with van der Waals surface area (Å²) in [4.78, 5) is 15.8. The molecule has 0 bridgehead atoms. The summed E-state index contributed by atoms with van der Waals surface area (Å²) in [6, 6.07) is 1.82. The van der Waals surface area contributed by atoms with E-state index in [1.807, 2.05) is 19.9 Å². The Morgan fingerprint density at radius 2 is 2.21 bits per heavy atom. The fourth-order valence-electron chi connectivity index (χ4n) is 1.82. The first kappa shape index (κ1) is 9.41. The number of hydrogen-bond acceptors (Lipinski definition) is 2. The van der Waals surface area contributed by atoms with Crippen molar-refractivity contribution in [3.63, 3.8) is 0 Å². The zero-order valence-corrected chi connectivity index (χ0v) is 8.85. The van der Waals surface area contributed by atoms with Crippen LogP contribution in [0.3, 0.4) is 0 Å². The Bertz CT molecular complexity index is 449. The van der Waals surface area contributed by atoms with Crippen molar-refractivity contribution in [2.75, 3.05) is 0 Å². The first-order valence-corrected chi connectivity index (χ1v) is 4.93. The first-order chi connectivity index (χ1) is 6.65. The van der Waals surface area contributed by atoms with E-state index in [4.69, 9.17) is 11.6 Å². The molecule has 3 heteroatoms. The van der Waals surface area contributed by atoms with E-state index in [0.29, 0.717) is 10.7 Å². The van der Waals surface area contributed by atoms with Gasteiger partial charge in [-0.1, -0.05) is 18.5 Å². The molecule has 0 fully saturated rings. The highest BCUT2D eigenvalue weighted by atomic mass is 35.5. The summed E-state index contributed by atoms with van der Waals surface area (Å²) in [5.74, 6) is 0.0357. The second kappa shape index (κ2) is 3.21. The lowest BCUT2D eigenvalue weighted by molar-refractivity contribution is 0.103. The van der Waals surface area contributed by atoms with Crippen LogP contribution in [0.25, 0.3) is 5.57 Å². The highest BCUT2D eigenvalue weighted by Crippen LogP contribution is 2.34. The van der Waals surface area contributed by atoms with Crippen molar-refractivity contribution in [3.05, 3.63) is 34.1 Å². The van der Waals surface area contributed by atoms with E-state index in [0.717, 1.165) is 23.1 Å². The van der Waals surface area contributed by atoms with Crippen LogP contribution in [0.2, 0.25) is 5.02 Å². The quantitative estimate of drug-likeness (QED) is 0.708. The van der Waals surface area contributed by atoms with Gasteiger partial charge in [-0.2, -0.15) is 0 Å². The average molecular weight is 208 g/mol. The smallest absolute Gasteiger partial charge is 0.207 e. The molecule has 0 unspecified atom stereocenters. The van der Waals surface area contributed by atoms with Crippen molar-refractivity contribution in [2.45, 2.75) is 20.3 Å². The minimum absolute atomic E-state index is 0.0357. The number of aromatic nitrogens is 1. The number of hydrogen-bond donors (Lipinski definition) is 0. The van der Waals surface area contributed by atoms with Gasteiger partial charge in [-0.15, -0.1) is 0 Å². The van der Waals surface area contributed by atoms with Gasteiger partial charge in [0.25, 0.3) is 0 Å². The zero-order valence-electron chi connectivity index (χ0n) is 8.10. The van der Waals surface area contributed by atoms with Gasteiger partial charge in [0.1, 0.15) is 5.69 Å². The lowest BCUT2D eigenvalue weighted by Gasteiger charge is -2.01. The number of ketones is 1. The van der Waals surface area contributed by atoms with Crippen LogP contribution in [-0.2, 0) is 0 Å². The molecule has 1 heterocycles. The first-order valence-electron chi connectivity index (χ1n) is 4.55. The molecule has 0 aromatic carbocycles. The molecule has 2 rings (SSSR count). The van der Waals surface area contributed by atoms with Crippen LogP contribution >= 0.6 is 11.6 Å². The van der Waals surface area contributed by atoms with Crippen molar-refractivity contribution < 1.29 is 4.79 Å². The van der Waals surface area contributed by atoms with E-state index in [2.05, 4.69) is 4.98 Å². The Kier molecular flexibility index (Phi) is 2.16. The highest BCUT2D eigenvalue weighted by Gasteiger charge is 2.26. The summed E-state index contributed by atoms with van der Waals surface area (Å²) in [7, 11) is 0. The Morgan fingerprint density at radius 1 is 1.50 bits per heavy atom. The number of carbonyl (C=O) groups is 1. The SMILES string of the molecule is CCC1=C(C)C(=O)c2ncc(Cl)cc21. The van der Waals surface area contributed by atoms with Crippen LogP contribution in [0.4, 0.5) is 0 Å². The molecule has 1 aromatic rings. The van der Waals surface area contributed by atoms with E-state index in [-0.39, 0.29) is 5.78 Å². The summed E-state index contributed by atoms with van der Waals surface area (Å²) in [6.07, 6.45) is 2.36. The molecule has 0 saturated carbocycles. The Morgan fingerprint density at radius 3 is 2.86 bits per heavy atom. The van der Waals surface area contributed by atoms with Crippen molar-refractivity contribution >= 4 is 23.0 Å². The second-order valence-corrected chi connectivity index (χ2v) is 3.77. The maximum Gasteiger partial charge on any atom is 0.207 e. The largest absolute Gasteiger partial charge is 0.287 e. The van der Waals surface area contributed by atoms with Crippen molar-refractivity contribution in [1.82, 2.24) is 4.98 Å². The summed E-state index contributed by atoms with van der Waals surface area (Å²) >= 11 is 5.84. The third kappa shape index (κ3) is 1.18. The Hall–Kier alpha value is -1.15. The number of pyridine rings is 1. The molecule has 1 aliphatic rings. The van der Waals surface area contributed by atoms with Gasteiger partial charge in [0, 0.05) is 17.3 Å². The fraction of sp³-hybridized carbons (Fsp3) is 0.273. The summed E-state index contributed by atoms with van der Waals surface area (Å²) in [5, 5.41) is 0.581. The molecule has 2 nitrogen and oxygen atoms in total. The Labute approximate surface area is 87.6 Å². The van der Waals surface area contributed by atoms with Gasteiger partial charge in [0.2, 0.25) is 5.78 Å². The third-order valence-electron chi connectivity index (χ3n) is 2.54. The van der Waals surface area contributed by atoms with E-state index in [9.17, 15) is 4.79 Å². The molecule has 1 aliphatic carbocycles. The minimum Gasteiger partial charge on any atom is -0.287 e. The molecule has 0 atom stereocenters. The van der Waals surface area contributed by atoms with Crippen molar-refractivity contribution in [3.8, 4) is 0 Å². The highest BCUT2D eigenvalue weighted by molar-refractivity contribution is 6.31. The molecule has 72 valence electrons. The van der Waals surface area contributed by atoms with Crippen molar-refractivity contribution in [1.29, 1.82) is 0 Å². The van der Waals surface area contributed by atoms with Gasteiger partial charge in [-0.3, -0.25) is 9.78 Å². The number of Topliss-reactive ketones (excluding diaryl/α,β-unsaturated/α-hetero) is 1. The van der Waals surface area contributed by atoms with Crippen molar-refractivity contribution in [2.24, 2.45) is 0 Å². The lowest BCUT2D eigenvalue weighted by Crippen LogP contribution is -1.98. The average Bonchev–Trinajstić information content (AvgIpc) is 2.39. The maximum atomic E-state index is 11.7. The molecule has 0 radical (unpaired) electrons. The third-order valence-corrected chi connectivity index (χ3v) is 2.75. The fourth-order valence-corrected chi connectivity index (χ4v) is 1.98. The molecule has 0 saturated heterocycles. The number of halogens is 1. The molecule has 14 heavy (non-hydrogen) atoms. The maximum absolute atomic E-state index is 11.7. The van der Waals surface area contributed by atoms with Crippen LogP contribution in [-0.4, -0.2) is 10.8 Å². The minimum atomic E-state index is 0.0357. The van der Waals surface area contributed by atoms with Gasteiger partial charge in [-0.25, -0.2) is 0 Å². The Balaban J connectivity index is 2.68. The number of fused-ring (bicyclic) bond motifs is 1. The number of nitrogens with zero attached hydrogens (tertiary/aromatic N) is 1. The summed E-state index contributed by atoms with van der Waals surface area (Å²) in [5.41, 5.74) is 3.32. The molecule has 0 N–H and O–H groups in total. The van der Waals surface area contributed by atoms with Crippen LogP contribution in [0, 0.1) is 0 Å². The number of carbonyl (C=O) groups excluding carboxylic acids is 1. The van der Waals surface area contributed by atoms with Crippen LogP contribution in [0.15, 0.2) is 17.8 Å². The molecule has 0 spiro atoms. The summed E-state index contributed by atoms with van der Waals surface area (Å²) < 4.78 is 0. The zero-order chi connectivity index (χ0) is 10.3. The van der Waals surface area contributed by atoms with E-state index in [1.54, 1.807) is 0 Å². The molecular weight excluding hydrogens is 198 g/mol. The van der Waals surface area contributed by atoms with Crippen LogP contribution < -0.4 is 0 Å². The summed E-state index contributed by atoms with van der Waals surface area (Å²) in [6.45, 7) is 3.87. The molecular formula is C11H10ClNO. The van der Waals surface area contributed by atoms with Gasteiger partial charge < -0.3 is 0 Å². The molecule has 0 aliphatic heterocycles. The normalized spacial score (nSPS) is 14.9. The van der Waals surface area contributed by atoms with E-state index < -0.39 is 0 Å². The van der Waals surface area contributed by atoms with Gasteiger partial charge in [-0.05, 0) is 25.0 Å². The molecule has 1 aromatic heterocycles. The predicted molar refractivity (Wildman–Crippen MR) is 56.5 cm³/mol. The topological polar surface area (TPSA) is 30.0 Å². The van der Waals surface area contributed by atoms with Crippen LogP contribution in [0.1, 0.15) is 36.3 Å². The monoisotopic (exact) mass is 207 g/mol. The van der Waals surface area contributed by atoms with Gasteiger partial charge in [0.05, 0.1) is 5.02 Å². The second-order valence-electron chi connectivity index (χ2n) is 3.34. The lowest BCUT2D eigenvalue weighted by atomic mass is 10.1.